The zero-order valence-electron chi connectivity index (χ0n) is 13.0. The van der Waals surface area contributed by atoms with Crippen molar-refractivity contribution in [3.63, 3.8) is 0 Å². The number of rotatable bonds is 6. The molecular weight excluding hydrogens is 269 g/mol. The molecule has 6 heteroatoms. The minimum Gasteiger partial charge on any atom is -0.310 e. The van der Waals surface area contributed by atoms with Gasteiger partial charge in [0.1, 0.15) is 5.82 Å². The van der Waals surface area contributed by atoms with Crippen LogP contribution in [0.1, 0.15) is 44.9 Å². The van der Waals surface area contributed by atoms with Crippen molar-refractivity contribution in [3.8, 4) is 5.82 Å². The van der Waals surface area contributed by atoms with Crippen molar-refractivity contribution in [2.24, 2.45) is 0 Å². The molecular formula is C15H22FN5. The van der Waals surface area contributed by atoms with Crippen molar-refractivity contribution in [3.05, 3.63) is 35.3 Å². The summed E-state index contributed by atoms with van der Waals surface area (Å²) in [7, 11) is 0. The van der Waals surface area contributed by atoms with Crippen molar-refractivity contribution in [1.82, 2.24) is 25.1 Å². The predicted molar refractivity (Wildman–Crippen MR) is 79.8 cm³/mol. The molecule has 0 aromatic carbocycles. The third-order valence-corrected chi connectivity index (χ3v) is 3.20. The normalized spacial score (nSPS) is 11.3. The highest BCUT2D eigenvalue weighted by Gasteiger charge is 2.16. The molecule has 2 rings (SSSR count). The number of hydrogen-bond acceptors (Lipinski definition) is 4. The minimum atomic E-state index is -0.340. The van der Waals surface area contributed by atoms with Gasteiger partial charge in [-0.1, -0.05) is 27.7 Å². The maximum Gasteiger partial charge on any atom is 0.191 e. The molecule has 1 N–H and O–H groups in total. The Morgan fingerprint density at radius 1 is 1.29 bits per heavy atom. The second kappa shape index (κ2) is 6.76. The first-order valence-electron chi connectivity index (χ1n) is 7.38. The van der Waals surface area contributed by atoms with Crippen LogP contribution in [0.25, 0.3) is 5.82 Å². The molecule has 2 aromatic rings. The first-order valence-corrected chi connectivity index (χ1v) is 7.38. The molecule has 2 aromatic heterocycles. The summed E-state index contributed by atoms with van der Waals surface area (Å²) >= 11 is 0. The van der Waals surface area contributed by atoms with E-state index in [9.17, 15) is 4.39 Å². The summed E-state index contributed by atoms with van der Waals surface area (Å²) in [5.41, 5.74) is 0.587. The van der Waals surface area contributed by atoms with E-state index in [4.69, 9.17) is 0 Å². The number of hydrogen-bond donors (Lipinski definition) is 1. The van der Waals surface area contributed by atoms with Crippen molar-refractivity contribution < 1.29 is 4.39 Å². The summed E-state index contributed by atoms with van der Waals surface area (Å²) in [5.74, 6) is 1.32. The highest BCUT2D eigenvalue weighted by atomic mass is 19.1. The molecule has 0 aliphatic heterocycles. The van der Waals surface area contributed by atoms with E-state index in [2.05, 4.69) is 20.4 Å². The number of nitrogens with zero attached hydrogens (tertiary/aromatic N) is 4. The van der Waals surface area contributed by atoms with E-state index < -0.39 is 0 Å². The lowest BCUT2D eigenvalue weighted by atomic mass is 10.2. The van der Waals surface area contributed by atoms with Gasteiger partial charge in [0, 0.05) is 37.2 Å². The van der Waals surface area contributed by atoms with Crippen LogP contribution >= 0.6 is 0 Å². The van der Waals surface area contributed by atoms with Gasteiger partial charge in [-0.3, -0.25) is 0 Å². The minimum absolute atomic E-state index is 0.224. The number of aromatic nitrogens is 4. The molecule has 0 amide bonds. The Balaban J connectivity index is 2.40. The number of aryl methyl sites for hydroxylation is 2. The van der Waals surface area contributed by atoms with E-state index in [1.807, 2.05) is 27.7 Å². The maximum absolute atomic E-state index is 14.6. The topological polar surface area (TPSA) is 55.6 Å². The second-order valence-electron chi connectivity index (χ2n) is 5.21. The Kier molecular flexibility index (Phi) is 5.01. The largest absolute Gasteiger partial charge is 0.310 e. The molecule has 2 heterocycles. The van der Waals surface area contributed by atoms with Crippen LogP contribution in [-0.2, 0) is 19.4 Å². The molecule has 0 unspecified atom stereocenters. The first-order chi connectivity index (χ1) is 10.1. The van der Waals surface area contributed by atoms with E-state index in [-0.39, 0.29) is 11.6 Å². The third-order valence-electron chi connectivity index (χ3n) is 3.20. The molecule has 0 radical (unpaired) electrons. The van der Waals surface area contributed by atoms with Crippen LogP contribution in [0.15, 0.2) is 12.3 Å². The fraction of sp³-hybridized carbons (Fsp3) is 0.533. The lowest BCUT2D eigenvalue weighted by Crippen LogP contribution is -2.23. The molecule has 0 fully saturated rings. The maximum atomic E-state index is 14.6. The third kappa shape index (κ3) is 3.44. The Morgan fingerprint density at radius 2 is 2.05 bits per heavy atom. The Labute approximate surface area is 124 Å². The fourth-order valence-electron chi connectivity index (χ4n) is 2.01. The second-order valence-corrected chi connectivity index (χ2v) is 5.21. The molecule has 114 valence electrons. The average Bonchev–Trinajstić information content (AvgIpc) is 2.89. The van der Waals surface area contributed by atoms with Gasteiger partial charge in [0.05, 0.1) is 0 Å². The van der Waals surface area contributed by atoms with Gasteiger partial charge in [-0.2, -0.15) is 4.68 Å². The smallest absolute Gasteiger partial charge is 0.191 e. The van der Waals surface area contributed by atoms with E-state index >= 15 is 0 Å². The van der Waals surface area contributed by atoms with Crippen LogP contribution < -0.4 is 5.32 Å². The quantitative estimate of drug-likeness (QED) is 0.888. The molecule has 0 aliphatic carbocycles. The first kappa shape index (κ1) is 15.6. The number of pyridine rings is 1. The molecule has 0 aliphatic rings. The van der Waals surface area contributed by atoms with Crippen molar-refractivity contribution in [2.75, 3.05) is 0 Å². The van der Waals surface area contributed by atoms with Crippen molar-refractivity contribution in [1.29, 1.82) is 0 Å². The summed E-state index contributed by atoms with van der Waals surface area (Å²) in [5, 5.41) is 7.56. The summed E-state index contributed by atoms with van der Waals surface area (Å²) < 4.78 is 16.2. The van der Waals surface area contributed by atoms with Gasteiger partial charge in [-0.05, 0) is 6.07 Å². The van der Waals surface area contributed by atoms with Crippen LogP contribution in [0.5, 0.6) is 0 Å². The average molecular weight is 291 g/mol. The summed E-state index contributed by atoms with van der Waals surface area (Å²) in [6.07, 6.45) is 3.02. The van der Waals surface area contributed by atoms with Crippen molar-refractivity contribution in [2.45, 2.75) is 53.1 Å². The van der Waals surface area contributed by atoms with Crippen molar-refractivity contribution >= 4 is 0 Å². The van der Waals surface area contributed by atoms with Crippen LogP contribution in [0.4, 0.5) is 4.39 Å². The summed E-state index contributed by atoms with van der Waals surface area (Å²) in [6.45, 7) is 8.48. The Hall–Kier alpha value is -1.82. The van der Waals surface area contributed by atoms with Gasteiger partial charge >= 0.3 is 0 Å². The highest BCUT2D eigenvalue weighted by molar-refractivity contribution is 5.30. The monoisotopic (exact) mass is 291 g/mol. The van der Waals surface area contributed by atoms with Gasteiger partial charge < -0.3 is 5.32 Å². The fourth-order valence-corrected chi connectivity index (χ4v) is 2.01. The lowest BCUT2D eigenvalue weighted by molar-refractivity contribution is 0.540. The van der Waals surface area contributed by atoms with Gasteiger partial charge in [0.2, 0.25) is 0 Å². The Bertz CT molecular complexity index is 606. The zero-order valence-corrected chi connectivity index (χ0v) is 13.0. The summed E-state index contributed by atoms with van der Waals surface area (Å²) in [6, 6.07) is 1.99. The van der Waals surface area contributed by atoms with E-state index in [1.165, 1.54) is 4.68 Å². The van der Waals surface area contributed by atoms with E-state index in [0.29, 0.717) is 30.4 Å². The van der Waals surface area contributed by atoms with Gasteiger partial charge in [-0.25, -0.2) is 14.4 Å². The van der Waals surface area contributed by atoms with Crippen LogP contribution in [0, 0.1) is 5.82 Å². The lowest BCUT2D eigenvalue weighted by Gasteiger charge is -2.11. The SMILES string of the molecule is CCc1nc(CC)n(-c2nccc(CNC(C)C)c2F)n1. The molecule has 21 heavy (non-hydrogen) atoms. The molecule has 0 saturated carbocycles. The number of nitrogens with one attached hydrogen (secondary N) is 1. The predicted octanol–water partition coefficient (Wildman–Crippen LogP) is 2.42. The van der Waals surface area contributed by atoms with Crippen LogP contribution in [0.2, 0.25) is 0 Å². The molecule has 0 saturated heterocycles. The molecule has 0 bridgehead atoms. The van der Waals surface area contributed by atoms with Crippen LogP contribution in [-0.4, -0.2) is 25.8 Å². The van der Waals surface area contributed by atoms with Gasteiger partial charge in [-0.15, -0.1) is 5.10 Å². The molecule has 0 atom stereocenters. The van der Waals surface area contributed by atoms with Crippen LogP contribution in [0.3, 0.4) is 0 Å². The Morgan fingerprint density at radius 3 is 2.67 bits per heavy atom. The van der Waals surface area contributed by atoms with Gasteiger partial charge in [0.15, 0.2) is 17.5 Å². The zero-order chi connectivity index (χ0) is 15.4. The van der Waals surface area contributed by atoms with E-state index in [0.717, 1.165) is 12.2 Å². The van der Waals surface area contributed by atoms with E-state index in [1.54, 1.807) is 12.3 Å². The molecule has 0 spiro atoms. The highest BCUT2D eigenvalue weighted by Crippen LogP contribution is 2.16. The summed E-state index contributed by atoms with van der Waals surface area (Å²) in [4.78, 5) is 8.55. The number of halogens is 1. The standard InChI is InChI=1S/C15H22FN5/c1-5-12-19-13(6-2)21(20-12)15-14(16)11(7-8-17-15)9-18-10(3)4/h7-8,10,18H,5-6,9H2,1-4H3. The molecule has 5 nitrogen and oxygen atoms in total. The van der Waals surface area contributed by atoms with Gasteiger partial charge in [0.25, 0.3) is 0 Å².